The third-order valence-corrected chi connectivity index (χ3v) is 5.47. The fourth-order valence-corrected chi connectivity index (χ4v) is 4.00. The summed E-state index contributed by atoms with van der Waals surface area (Å²) in [4.78, 5) is 20.1. The minimum absolute atomic E-state index is 0.129. The maximum atomic E-state index is 12.7. The Balaban J connectivity index is 1.40. The fraction of sp³-hybridized carbons (Fsp3) is 0.300. The van der Waals surface area contributed by atoms with Crippen LogP contribution in [0, 0.1) is 0 Å². The molecule has 0 saturated carbocycles. The van der Waals surface area contributed by atoms with E-state index in [1.54, 1.807) is 17.5 Å². The first kappa shape index (κ1) is 17.0. The molecule has 0 aliphatic carbocycles. The fourth-order valence-electron chi connectivity index (χ4n) is 3.30. The highest BCUT2D eigenvalue weighted by Crippen LogP contribution is 2.23. The molecule has 0 N–H and O–H groups in total. The van der Waals surface area contributed by atoms with Crippen molar-refractivity contribution in [3.05, 3.63) is 76.5 Å². The maximum absolute atomic E-state index is 12.7. The van der Waals surface area contributed by atoms with Crippen LogP contribution < -0.4 is 0 Å². The van der Waals surface area contributed by atoms with Crippen LogP contribution in [0.1, 0.15) is 22.3 Å². The van der Waals surface area contributed by atoms with Gasteiger partial charge in [-0.25, -0.2) is 0 Å². The standard InChI is InChI=1S/C20H21N3O2S/c24-20(11-19-7-4-10-26-19)22-12-17-6-3-9-23(17)18(13-22)15-25-14-16-5-1-2-8-21-16/h1-10,18H,11-15H2/t18-/m1/s1. The largest absolute Gasteiger partial charge is 0.373 e. The van der Waals surface area contributed by atoms with Crippen molar-refractivity contribution in [2.45, 2.75) is 25.6 Å². The zero-order valence-electron chi connectivity index (χ0n) is 14.5. The van der Waals surface area contributed by atoms with Gasteiger partial charge in [0.05, 0.1) is 37.9 Å². The Kier molecular flexibility index (Phi) is 5.13. The number of pyridine rings is 1. The zero-order chi connectivity index (χ0) is 17.8. The molecular weight excluding hydrogens is 346 g/mol. The van der Waals surface area contributed by atoms with E-state index in [0.717, 1.165) is 16.3 Å². The van der Waals surface area contributed by atoms with Gasteiger partial charge in [0.25, 0.3) is 0 Å². The van der Waals surface area contributed by atoms with Crippen LogP contribution in [0.15, 0.2) is 60.2 Å². The van der Waals surface area contributed by atoms with E-state index in [1.165, 1.54) is 0 Å². The number of fused-ring (bicyclic) bond motifs is 1. The lowest BCUT2D eigenvalue weighted by Crippen LogP contribution is -2.42. The number of hydrogen-bond donors (Lipinski definition) is 0. The average Bonchev–Trinajstić information content (AvgIpc) is 3.34. The number of hydrogen-bond acceptors (Lipinski definition) is 4. The molecule has 6 heteroatoms. The summed E-state index contributed by atoms with van der Waals surface area (Å²) < 4.78 is 8.13. The minimum Gasteiger partial charge on any atom is -0.373 e. The Bertz CT molecular complexity index is 845. The second kappa shape index (κ2) is 7.85. The van der Waals surface area contributed by atoms with Gasteiger partial charge in [0.1, 0.15) is 0 Å². The van der Waals surface area contributed by atoms with Crippen molar-refractivity contribution in [1.82, 2.24) is 14.5 Å². The van der Waals surface area contributed by atoms with Crippen LogP contribution in [0.5, 0.6) is 0 Å². The Hall–Kier alpha value is -2.44. The molecular formula is C20H21N3O2S. The lowest BCUT2D eigenvalue weighted by molar-refractivity contribution is -0.132. The van der Waals surface area contributed by atoms with Crippen molar-refractivity contribution in [3.63, 3.8) is 0 Å². The first-order valence-corrected chi connectivity index (χ1v) is 9.61. The van der Waals surface area contributed by atoms with E-state index in [1.807, 2.05) is 46.7 Å². The maximum Gasteiger partial charge on any atom is 0.228 e. The first-order valence-electron chi connectivity index (χ1n) is 8.73. The lowest BCUT2D eigenvalue weighted by atomic mass is 10.1. The molecule has 0 saturated heterocycles. The van der Waals surface area contributed by atoms with Gasteiger partial charge in [0.2, 0.25) is 5.91 Å². The summed E-state index contributed by atoms with van der Waals surface area (Å²) in [6.45, 7) is 2.38. The van der Waals surface area contributed by atoms with Gasteiger partial charge in [-0.3, -0.25) is 9.78 Å². The van der Waals surface area contributed by atoms with E-state index < -0.39 is 0 Å². The molecule has 5 nitrogen and oxygen atoms in total. The first-order chi connectivity index (χ1) is 12.8. The van der Waals surface area contributed by atoms with Crippen LogP contribution in [0.25, 0.3) is 0 Å². The number of thiophene rings is 1. The third kappa shape index (κ3) is 3.86. The van der Waals surface area contributed by atoms with Gasteiger partial charge < -0.3 is 14.2 Å². The van der Waals surface area contributed by atoms with E-state index in [2.05, 4.69) is 21.8 Å². The highest BCUT2D eigenvalue weighted by molar-refractivity contribution is 7.10. The molecule has 4 heterocycles. The van der Waals surface area contributed by atoms with E-state index in [-0.39, 0.29) is 11.9 Å². The quantitative estimate of drug-likeness (QED) is 0.672. The highest BCUT2D eigenvalue weighted by atomic mass is 32.1. The van der Waals surface area contributed by atoms with Crippen molar-refractivity contribution in [2.24, 2.45) is 0 Å². The normalized spacial score (nSPS) is 16.5. The molecule has 0 unspecified atom stereocenters. The molecule has 1 aliphatic heterocycles. The smallest absolute Gasteiger partial charge is 0.228 e. The minimum atomic E-state index is 0.129. The van der Waals surface area contributed by atoms with Crippen LogP contribution in [0.3, 0.4) is 0 Å². The van der Waals surface area contributed by atoms with E-state index in [4.69, 9.17) is 4.74 Å². The average molecular weight is 367 g/mol. The molecule has 0 bridgehead atoms. The molecule has 134 valence electrons. The Morgan fingerprint density at radius 3 is 3.00 bits per heavy atom. The topological polar surface area (TPSA) is 47.4 Å². The van der Waals surface area contributed by atoms with E-state index >= 15 is 0 Å². The summed E-state index contributed by atoms with van der Waals surface area (Å²) in [5, 5.41) is 2.01. The van der Waals surface area contributed by atoms with Gasteiger partial charge in [-0.2, -0.15) is 0 Å². The number of carbonyl (C=O) groups is 1. The van der Waals surface area contributed by atoms with Crippen LogP contribution >= 0.6 is 11.3 Å². The number of ether oxygens (including phenoxy) is 1. The molecule has 3 aromatic rings. The number of amides is 1. The second-order valence-corrected chi connectivity index (χ2v) is 7.46. The molecule has 0 spiro atoms. The third-order valence-electron chi connectivity index (χ3n) is 4.59. The highest BCUT2D eigenvalue weighted by Gasteiger charge is 2.27. The summed E-state index contributed by atoms with van der Waals surface area (Å²) in [7, 11) is 0. The van der Waals surface area contributed by atoms with Crippen molar-refractivity contribution < 1.29 is 9.53 Å². The van der Waals surface area contributed by atoms with Crippen LogP contribution in [0.4, 0.5) is 0 Å². The van der Waals surface area contributed by atoms with Crippen LogP contribution in [-0.2, 0) is 29.1 Å². The van der Waals surface area contributed by atoms with Crippen LogP contribution in [0.2, 0.25) is 0 Å². The molecule has 0 aromatic carbocycles. The molecule has 4 rings (SSSR count). The monoisotopic (exact) mass is 367 g/mol. The van der Waals surface area contributed by atoms with Gasteiger partial charge in [-0.05, 0) is 35.7 Å². The molecule has 26 heavy (non-hydrogen) atoms. The predicted octanol–water partition coefficient (Wildman–Crippen LogP) is 3.29. The Labute approximate surface area is 156 Å². The van der Waals surface area contributed by atoms with E-state index in [0.29, 0.717) is 32.7 Å². The molecule has 0 radical (unpaired) electrons. The Morgan fingerprint density at radius 1 is 1.23 bits per heavy atom. The summed E-state index contributed by atoms with van der Waals surface area (Å²) in [5.74, 6) is 0.176. The molecule has 1 amide bonds. The van der Waals surface area contributed by atoms with Gasteiger partial charge >= 0.3 is 0 Å². The number of nitrogens with zero attached hydrogens (tertiary/aromatic N) is 3. The van der Waals surface area contributed by atoms with Gasteiger partial charge in [-0.1, -0.05) is 12.1 Å². The zero-order valence-corrected chi connectivity index (χ0v) is 15.3. The molecule has 3 aromatic heterocycles. The number of carbonyl (C=O) groups excluding carboxylic acids is 1. The Morgan fingerprint density at radius 2 is 2.19 bits per heavy atom. The predicted molar refractivity (Wildman–Crippen MR) is 101 cm³/mol. The molecule has 1 aliphatic rings. The van der Waals surface area contributed by atoms with Gasteiger partial charge in [0.15, 0.2) is 0 Å². The number of aromatic nitrogens is 2. The van der Waals surface area contributed by atoms with Crippen molar-refractivity contribution in [3.8, 4) is 0 Å². The summed E-state index contributed by atoms with van der Waals surface area (Å²) >= 11 is 1.63. The summed E-state index contributed by atoms with van der Waals surface area (Å²) in [6.07, 6.45) is 4.32. The van der Waals surface area contributed by atoms with Crippen molar-refractivity contribution in [1.29, 1.82) is 0 Å². The van der Waals surface area contributed by atoms with Crippen molar-refractivity contribution in [2.75, 3.05) is 13.2 Å². The van der Waals surface area contributed by atoms with E-state index in [9.17, 15) is 4.79 Å². The molecule has 1 atom stereocenters. The van der Waals surface area contributed by atoms with Gasteiger partial charge in [0, 0.05) is 29.5 Å². The summed E-state index contributed by atoms with van der Waals surface area (Å²) in [5.41, 5.74) is 2.07. The molecule has 0 fully saturated rings. The summed E-state index contributed by atoms with van der Waals surface area (Å²) in [6, 6.07) is 14.1. The number of rotatable bonds is 6. The second-order valence-electron chi connectivity index (χ2n) is 6.43. The van der Waals surface area contributed by atoms with Crippen LogP contribution in [-0.4, -0.2) is 33.5 Å². The van der Waals surface area contributed by atoms with Crippen molar-refractivity contribution >= 4 is 17.2 Å². The SMILES string of the molecule is O=C(Cc1cccs1)N1Cc2cccn2[C@@H](COCc2ccccn2)C1. The lowest BCUT2D eigenvalue weighted by Gasteiger charge is -2.35. The van der Waals surface area contributed by atoms with Gasteiger partial charge in [-0.15, -0.1) is 11.3 Å².